The van der Waals surface area contributed by atoms with Crippen molar-refractivity contribution in [2.45, 2.75) is 26.3 Å². The Morgan fingerprint density at radius 3 is 2.59 bits per heavy atom. The Hall–Kier alpha value is -2.69. The zero-order valence-electron chi connectivity index (χ0n) is 16.4. The van der Waals surface area contributed by atoms with Crippen molar-refractivity contribution < 1.29 is 14.3 Å². The first kappa shape index (κ1) is 19.1. The lowest BCUT2D eigenvalue weighted by Crippen LogP contribution is -2.32. The van der Waals surface area contributed by atoms with Gasteiger partial charge in [0.25, 0.3) is 5.91 Å². The second kappa shape index (κ2) is 8.80. The third-order valence-corrected chi connectivity index (χ3v) is 4.94. The van der Waals surface area contributed by atoms with Crippen LogP contribution >= 0.6 is 0 Å². The van der Waals surface area contributed by atoms with E-state index in [2.05, 4.69) is 23.1 Å². The first-order valence-electron chi connectivity index (χ1n) is 9.42. The summed E-state index contributed by atoms with van der Waals surface area (Å²) in [5.74, 6) is 1.17. The maximum absolute atomic E-state index is 12.6. The van der Waals surface area contributed by atoms with Gasteiger partial charge in [0.1, 0.15) is 0 Å². The average molecular weight is 368 g/mol. The fraction of sp³-hybridized carbons (Fsp3) is 0.409. The van der Waals surface area contributed by atoms with Gasteiger partial charge in [0.15, 0.2) is 18.1 Å². The number of benzene rings is 2. The molecule has 0 bridgehead atoms. The Labute approximate surface area is 161 Å². The van der Waals surface area contributed by atoms with Gasteiger partial charge in [-0.15, -0.1) is 0 Å². The lowest BCUT2D eigenvalue weighted by Gasteiger charge is -2.24. The molecule has 3 rings (SSSR count). The third-order valence-electron chi connectivity index (χ3n) is 4.94. The molecule has 1 aliphatic heterocycles. The van der Waals surface area contributed by atoms with Crippen molar-refractivity contribution >= 4 is 11.6 Å². The molecule has 1 saturated heterocycles. The molecule has 0 aromatic heterocycles. The summed E-state index contributed by atoms with van der Waals surface area (Å²) in [5.41, 5.74) is 3.49. The van der Waals surface area contributed by atoms with Crippen LogP contribution in [0, 0.1) is 6.92 Å². The maximum Gasteiger partial charge on any atom is 0.260 e. The van der Waals surface area contributed by atoms with Crippen LogP contribution in [-0.2, 0) is 11.3 Å². The Balaban J connectivity index is 1.62. The summed E-state index contributed by atoms with van der Waals surface area (Å²) >= 11 is 0. The lowest BCUT2D eigenvalue weighted by atomic mass is 10.1. The molecule has 0 aliphatic carbocycles. The zero-order valence-corrected chi connectivity index (χ0v) is 16.4. The van der Waals surface area contributed by atoms with E-state index in [1.165, 1.54) is 24.1 Å². The van der Waals surface area contributed by atoms with Gasteiger partial charge in [0, 0.05) is 32.4 Å². The number of aryl methyl sites for hydroxylation is 1. The molecular formula is C22H28N2O3. The molecule has 0 saturated carbocycles. The number of methoxy groups -OCH3 is 1. The number of nitrogens with zero attached hydrogens (tertiary/aromatic N) is 2. The van der Waals surface area contributed by atoms with Crippen molar-refractivity contribution in [3.63, 3.8) is 0 Å². The van der Waals surface area contributed by atoms with E-state index in [1.54, 1.807) is 12.0 Å². The molecule has 0 atom stereocenters. The molecule has 1 fully saturated rings. The number of amides is 1. The number of carbonyl (C=O) groups excluding carboxylic acids is 1. The lowest BCUT2D eigenvalue weighted by molar-refractivity contribution is -0.132. The largest absolute Gasteiger partial charge is 0.493 e. The molecule has 0 unspecified atom stereocenters. The summed E-state index contributed by atoms with van der Waals surface area (Å²) in [6.07, 6.45) is 2.46. The SMILES string of the molecule is COc1cc(C)ccc1OCC(=O)N(C)Cc1ccccc1N1CCCC1. The van der Waals surface area contributed by atoms with Crippen molar-refractivity contribution in [2.75, 3.05) is 38.8 Å². The van der Waals surface area contributed by atoms with Gasteiger partial charge in [-0.3, -0.25) is 4.79 Å². The van der Waals surface area contributed by atoms with Crippen LogP contribution in [0.4, 0.5) is 5.69 Å². The van der Waals surface area contributed by atoms with Crippen molar-refractivity contribution in [1.82, 2.24) is 4.90 Å². The van der Waals surface area contributed by atoms with Crippen LogP contribution in [0.5, 0.6) is 11.5 Å². The van der Waals surface area contributed by atoms with Gasteiger partial charge < -0.3 is 19.3 Å². The smallest absolute Gasteiger partial charge is 0.260 e. The molecule has 0 radical (unpaired) electrons. The van der Waals surface area contributed by atoms with E-state index in [0.29, 0.717) is 18.0 Å². The minimum Gasteiger partial charge on any atom is -0.493 e. The highest BCUT2D eigenvalue weighted by Gasteiger charge is 2.18. The van der Waals surface area contributed by atoms with E-state index in [-0.39, 0.29) is 12.5 Å². The number of hydrogen-bond donors (Lipinski definition) is 0. The van der Waals surface area contributed by atoms with Crippen LogP contribution in [0.3, 0.4) is 0 Å². The van der Waals surface area contributed by atoms with E-state index >= 15 is 0 Å². The monoisotopic (exact) mass is 368 g/mol. The predicted molar refractivity (Wildman–Crippen MR) is 108 cm³/mol. The van der Waals surface area contributed by atoms with E-state index in [1.807, 2.05) is 38.2 Å². The Morgan fingerprint density at radius 1 is 1.11 bits per heavy atom. The fourth-order valence-corrected chi connectivity index (χ4v) is 3.40. The minimum absolute atomic E-state index is 0.0121. The van der Waals surface area contributed by atoms with Gasteiger partial charge in [0.2, 0.25) is 0 Å². The molecule has 1 amide bonds. The molecule has 2 aromatic rings. The molecule has 2 aromatic carbocycles. The summed E-state index contributed by atoms with van der Waals surface area (Å²) in [4.78, 5) is 16.7. The van der Waals surface area contributed by atoms with Gasteiger partial charge in [-0.05, 0) is 49.1 Å². The van der Waals surface area contributed by atoms with E-state index in [0.717, 1.165) is 18.7 Å². The van der Waals surface area contributed by atoms with Gasteiger partial charge in [0.05, 0.1) is 7.11 Å². The number of hydrogen-bond acceptors (Lipinski definition) is 4. The quantitative estimate of drug-likeness (QED) is 0.748. The second-order valence-electron chi connectivity index (χ2n) is 7.02. The van der Waals surface area contributed by atoms with Gasteiger partial charge in [-0.25, -0.2) is 0 Å². The Kier molecular flexibility index (Phi) is 6.22. The maximum atomic E-state index is 12.6. The van der Waals surface area contributed by atoms with E-state index in [9.17, 15) is 4.79 Å². The molecule has 1 aliphatic rings. The topological polar surface area (TPSA) is 42.0 Å². The average Bonchev–Trinajstić information content (AvgIpc) is 3.21. The summed E-state index contributed by atoms with van der Waals surface area (Å²) in [6, 6.07) is 14.0. The summed E-state index contributed by atoms with van der Waals surface area (Å²) in [6.45, 7) is 4.72. The fourth-order valence-electron chi connectivity index (χ4n) is 3.40. The summed E-state index contributed by atoms with van der Waals surface area (Å²) in [7, 11) is 3.42. The third kappa shape index (κ3) is 4.73. The van der Waals surface area contributed by atoms with E-state index in [4.69, 9.17) is 9.47 Å². The Bertz CT molecular complexity index is 785. The first-order valence-corrected chi connectivity index (χ1v) is 9.42. The van der Waals surface area contributed by atoms with Crippen molar-refractivity contribution in [1.29, 1.82) is 0 Å². The van der Waals surface area contributed by atoms with E-state index < -0.39 is 0 Å². The normalized spacial score (nSPS) is 13.5. The second-order valence-corrected chi connectivity index (χ2v) is 7.02. The van der Waals surface area contributed by atoms with Gasteiger partial charge in [-0.2, -0.15) is 0 Å². The molecule has 0 spiro atoms. The molecule has 1 heterocycles. The molecule has 0 N–H and O–H groups in total. The number of ether oxygens (including phenoxy) is 2. The standard InChI is InChI=1S/C22H28N2O3/c1-17-10-11-20(21(14-17)26-3)27-16-22(25)23(2)15-18-8-4-5-9-19(18)24-12-6-7-13-24/h4-5,8-11,14H,6-7,12-13,15-16H2,1-3H3. The van der Waals surface area contributed by atoms with Crippen molar-refractivity contribution in [2.24, 2.45) is 0 Å². The van der Waals surface area contributed by atoms with Gasteiger partial charge >= 0.3 is 0 Å². The zero-order chi connectivity index (χ0) is 19.2. The van der Waals surface area contributed by atoms with Crippen molar-refractivity contribution in [3.05, 3.63) is 53.6 Å². The highest BCUT2D eigenvalue weighted by Crippen LogP contribution is 2.28. The molecule has 144 valence electrons. The van der Waals surface area contributed by atoms with Crippen LogP contribution in [0.1, 0.15) is 24.0 Å². The number of rotatable bonds is 7. The predicted octanol–water partition coefficient (Wildman–Crippen LogP) is 3.64. The molecule has 27 heavy (non-hydrogen) atoms. The van der Waals surface area contributed by atoms with Crippen LogP contribution < -0.4 is 14.4 Å². The highest BCUT2D eigenvalue weighted by molar-refractivity contribution is 5.77. The minimum atomic E-state index is -0.0612. The molecule has 5 heteroatoms. The van der Waals surface area contributed by atoms with Crippen LogP contribution in [0.25, 0.3) is 0 Å². The van der Waals surface area contributed by atoms with Crippen LogP contribution in [0.2, 0.25) is 0 Å². The number of carbonyl (C=O) groups is 1. The van der Waals surface area contributed by atoms with Gasteiger partial charge in [-0.1, -0.05) is 24.3 Å². The van der Waals surface area contributed by atoms with Crippen LogP contribution in [0.15, 0.2) is 42.5 Å². The number of anilines is 1. The van der Waals surface area contributed by atoms with Crippen LogP contribution in [-0.4, -0.2) is 44.7 Å². The first-order chi connectivity index (χ1) is 13.1. The summed E-state index contributed by atoms with van der Waals surface area (Å²) < 4.78 is 11.0. The number of likely N-dealkylation sites (N-methyl/N-ethyl adjacent to an activating group) is 1. The molecule has 5 nitrogen and oxygen atoms in total. The highest BCUT2D eigenvalue weighted by atomic mass is 16.5. The molecular weight excluding hydrogens is 340 g/mol. The summed E-state index contributed by atoms with van der Waals surface area (Å²) in [5, 5.41) is 0. The van der Waals surface area contributed by atoms with Crippen molar-refractivity contribution in [3.8, 4) is 11.5 Å². The number of para-hydroxylation sites is 1. The Morgan fingerprint density at radius 2 is 1.85 bits per heavy atom.